The van der Waals surface area contributed by atoms with Gasteiger partial charge in [-0.25, -0.2) is 4.39 Å². The second kappa shape index (κ2) is 6.25. The Kier molecular flexibility index (Phi) is 4.63. The quantitative estimate of drug-likeness (QED) is 0.918. The maximum Gasteiger partial charge on any atom is 0.123 e. The van der Waals surface area contributed by atoms with E-state index in [0.29, 0.717) is 11.6 Å². The first-order valence-corrected chi connectivity index (χ1v) is 6.87. The Balaban J connectivity index is 2.30. The highest BCUT2D eigenvalue weighted by molar-refractivity contribution is 6.30. The van der Waals surface area contributed by atoms with Gasteiger partial charge in [-0.05, 0) is 48.4 Å². The van der Waals surface area contributed by atoms with Crippen LogP contribution in [0.15, 0.2) is 42.5 Å². The summed E-state index contributed by atoms with van der Waals surface area (Å²) in [5.74, 6) is -0.262. The van der Waals surface area contributed by atoms with Gasteiger partial charge < -0.3 is 10.6 Å². The van der Waals surface area contributed by atoms with Gasteiger partial charge in [0.15, 0.2) is 0 Å². The molecule has 0 aliphatic heterocycles. The van der Waals surface area contributed by atoms with E-state index in [9.17, 15) is 4.39 Å². The number of nitrogens with zero attached hydrogens (tertiary/aromatic N) is 1. The maximum absolute atomic E-state index is 13.3. The topological polar surface area (TPSA) is 29.3 Å². The lowest BCUT2D eigenvalue weighted by atomic mass is 10.0. The first kappa shape index (κ1) is 14.8. The van der Waals surface area contributed by atoms with Crippen molar-refractivity contribution in [2.75, 3.05) is 11.9 Å². The predicted molar refractivity (Wildman–Crippen MR) is 82.6 cm³/mol. The number of anilines is 1. The molecular formula is C16H18ClFN2. The van der Waals surface area contributed by atoms with Crippen molar-refractivity contribution in [1.82, 2.24) is 0 Å². The fourth-order valence-electron chi connectivity index (χ4n) is 2.24. The summed E-state index contributed by atoms with van der Waals surface area (Å²) in [6.07, 6.45) is 0. The molecule has 0 fully saturated rings. The number of hydrogen-bond donors (Lipinski definition) is 1. The van der Waals surface area contributed by atoms with Crippen molar-refractivity contribution in [3.63, 3.8) is 0 Å². The van der Waals surface area contributed by atoms with Gasteiger partial charge in [0.1, 0.15) is 5.82 Å². The molecule has 2 nitrogen and oxygen atoms in total. The Morgan fingerprint density at radius 2 is 1.85 bits per heavy atom. The van der Waals surface area contributed by atoms with E-state index in [4.69, 9.17) is 17.3 Å². The van der Waals surface area contributed by atoms with E-state index in [0.717, 1.165) is 16.8 Å². The predicted octanol–water partition coefficient (Wildman–Crippen LogP) is 4.14. The monoisotopic (exact) mass is 292 g/mol. The molecule has 2 N–H and O–H groups in total. The molecule has 20 heavy (non-hydrogen) atoms. The van der Waals surface area contributed by atoms with Crippen LogP contribution < -0.4 is 10.6 Å². The lowest BCUT2D eigenvalue weighted by Crippen LogP contribution is -2.23. The van der Waals surface area contributed by atoms with Crippen molar-refractivity contribution < 1.29 is 4.39 Å². The molecule has 1 atom stereocenters. The minimum atomic E-state index is -0.262. The van der Waals surface area contributed by atoms with Crippen LogP contribution in [0.3, 0.4) is 0 Å². The van der Waals surface area contributed by atoms with E-state index >= 15 is 0 Å². The van der Waals surface area contributed by atoms with Crippen molar-refractivity contribution in [1.29, 1.82) is 0 Å². The second-order valence-corrected chi connectivity index (χ2v) is 5.25. The minimum absolute atomic E-state index is 0.142. The van der Waals surface area contributed by atoms with Crippen LogP contribution in [0.4, 0.5) is 10.1 Å². The van der Waals surface area contributed by atoms with E-state index in [2.05, 4.69) is 11.8 Å². The summed E-state index contributed by atoms with van der Waals surface area (Å²) in [7, 11) is 1.98. The number of hydrogen-bond acceptors (Lipinski definition) is 2. The van der Waals surface area contributed by atoms with Crippen molar-refractivity contribution in [2.24, 2.45) is 5.73 Å². The number of benzene rings is 2. The molecular weight excluding hydrogens is 275 g/mol. The molecule has 1 unspecified atom stereocenters. The van der Waals surface area contributed by atoms with Crippen LogP contribution in [0.25, 0.3) is 0 Å². The van der Waals surface area contributed by atoms with Gasteiger partial charge in [-0.15, -0.1) is 0 Å². The first-order valence-electron chi connectivity index (χ1n) is 6.49. The van der Waals surface area contributed by atoms with Crippen LogP contribution in [0.2, 0.25) is 5.02 Å². The lowest BCUT2D eigenvalue weighted by molar-refractivity contribution is 0.624. The fourth-order valence-corrected chi connectivity index (χ4v) is 2.36. The minimum Gasteiger partial charge on any atom is -0.368 e. The van der Waals surface area contributed by atoms with Crippen molar-refractivity contribution in [2.45, 2.75) is 19.5 Å². The molecule has 2 aromatic carbocycles. The Hall–Kier alpha value is -1.58. The third kappa shape index (κ3) is 3.11. The number of nitrogens with two attached hydrogens (primary N) is 1. The van der Waals surface area contributed by atoms with Crippen LogP contribution in [0, 0.1) is 5.82 Å². The average Bonchev–Trinajstić information content (AvgIpc) is 2.46. The summed E-state index contributed by atoms with van der Waals surface area (Å²) in [6, 6.07) is 12.6. The van der Waals surface area contributed by atoms with Gasteiger partial charge >= 0.3 is 0 Å². The Morgan fingerprint density at radius 1 is 1.20 bits per heavy atom. The lowest BCUT2D eigenvalue weighted by Gasteiger charge is -2.29. The highest BCUT2D eigenvalue weighted by Gasteiger charge is 2.15. The van der Waals surface area contributed by atoms with Crippen molar-refractivity contribution in [3.05, 3.63) is 64.4 Å². The van der Waals surface area contributed by atoms with Crippen LogP contribution in [0.1, 0.15) is 24.1 Å². The Morgan fingerprint density at radius 3 is 2.45 bits per heavy atom. The Labute approximate surface area is 124 Å². The van der Waals surface area contributed by atoms with E-state index in [1.54, 1.807) is 6.07 Å². The molecule has 0 aliphatic carbocycles. The highest BCUT2D eigenvalue weighted by atomic mass is 35.5. The summed E-state index contributed by atoms with van der Waals surface area (Å²) in [6.45, 7) is 2.40. The summed E-state index contributed by atoms with van der Waals surface area (Å²) >= 11 is 5.91. The first-order chi connectivity index (χ1) is 9.52. The van der Waals surface area contributed by atoms with E-state index in [1.165, 1.54) is 12.1 Å². The van der Waals surface area contributed by atoms with E-state index in [1.807, 2.05) is 31.3 Å². The molecule has 2 aromatic rings. The molecule has 0 bridgehead atoms. The zero-order chi connectivity index (χ0) is 14.7. The molecule has 106 valence electrons. The van der Waals surface area contributed by atoms with Gasteiger partial charge in [-0.3, -0.25) is 0 Å². The zero-order valence-electron chi connectivity index (χ0n) is 11.6. The standard InChI is InChI=1S/C16H18ClFN2/c1-11(12-3-5-14(17)6-4-12)20(2)16-8-7-15(18)9-13(16)10-19/h3-9,11H,10,19H2,1-2H3. The van der Waals surface area contributed by atoms with Gasteiger partial charge in [-0.2, -0.15) is 0 Å². The third-order valence-electron chi connectivity index (χ3n) is 3.57. The normalized spacial score (nSPS) is 12.2. The number of rotatable bonds is 4. The number of halogens is 2. The van der Waals surface area contributed by atoms with Gasteiger partial charge in [-0.1, -0.05) is 23.7 Å². The van der Waals surface area contributed by atoms with Gasteiger partial charge in [0.2, 0.25) is 0 Å². The average molecular weight is 293 g/mol. The van der Waals surface area contributed by atoms with Crippen molar-refractivity contribution >= 4 is 17.3 Å². The summed E-state index contributed by atoms with van der Waals surface area (Å²) in [5.41, 5.74) is 8.59. The zero-order valence-corrected chi connectivity index (χ0v) is 12.4. The molecule has 0 radical (unpaired) electrons. The van der Waals surface area contributed by atoms with Crippen LogP contribution in [0.5, 0.6) is 0 Å². The molecule has 0 heterocycles. The summed E-state index contributed by atoms with van der Waals surface area (Å²) in [5, 5.41) is 0.716. The summed E-state index contributed by atoms with van der Waals surface area (Å²) in [4.78, 5) is 2.09. The highest BCUT2D eigenvalue weighted by Crippen LogP contribution is 2.29. The van der Waals surface area contributed by atoms with Gasteiger partial charge in [0, 0.05) is 24.3 Å². The second-order valence-electron chi connectivity index (χ2n) is 4.82. The van der Waals surface area contributed by atoms with Crippen LogP contribution in [-0.2, 0) is 6.54 Å². The summed E-state index contributed by atoms with van der Waals surface area (Å²) < 4.78 is 13.3. The molecule has 0 aliphatic rings. The van der Waals surface area contributed by atoms with Gasteiger partial charge in [0.05, 0.1) is 6.04 Å². The third-order valence-corrected chi connectivity index (χ3v) is 3.83. The molecule has 0 saturated carbocycles. The van der Waals surface area contributed by atoms with E-state index in [-0.39, 0.29) is 11.9 Å². The van der Waals surface area contributed by atoms with E-state index < -0.39 is 0 Å². The van der Waals surface area contributed by atoms with Crippen LogP contribution in [-0.4, -0.2) is 7.05 Å². The van der Waals surface area contributed by atoms with Gasteiger partial charge in [0.25, 0.3) is 0 Å². The maximum atomic E-state index is 13.3. The SMILES string of the molecule is CC(c1ccc(Cl)cc1)N(C)c1ccc(F)cc1CN. The van der Waals surface area contributed by atoms with Crippen LogP contribution >= 0.6 is 11.6 Å². The van der Waals surface area contributed by atoms with Crippen molar-refractivity contribution in [3.8, 4) is 0 Å². The molecule has 0 spiro atoms. The molecule has 0 amide bonds. The smallest absolute Gasteiger partial charge is 0.123 e. The largest absolute Gasteiger partial charge is 0.368 e. The molecule has 0 saturated heterocycles. The Bertz CT molecular complexity index is 584. The molecule has 0 aromatic heterocycles. The molecule has 4 heteroatoms. The fraction of sp³-hybridized carbons (Fsp3) is 0.250. The molecule has 2 rings (SSSR count).